The molecular formula is C22H24N4O3S. The van der Waals surface area contributed by atoms with Gasteiger partial charge in [-0.05, 0) is 44.0 Å². The van der Waals surface area contributed by atoms with Crippen molar-refractivity contribution in [1.82, 2.24) is 15.2 Å². The van der Waals surface area contributed by atoms with Crippen molar-refractivity contribution in [1.29, 1.82) is 0 Å². The van der Waals surface area contributed by atoms with E-state index in [-0.39, 0.29) is 17.9 Å². The van der Waals surface area contributed by atoms with Crippen LogP contribution in [0.5, 0.6) is 0 Å². The molecule has 7 nitrogen and oxygen atoms in total. The average molecular weight is 425 g/mol. The summed E-state index contributed by atoms with van der Waals surface area (Å²) in [7, 11) is 0. The highest BCUT2D eigenvalue weighted by atomic mass is 32.1. The molecule has 1 unspecified atom stereocenters. The lowest BCUT2D eigenvalue weighted by atomic mass is 9.97. The van der Waals surface area contributed by atoms with Gasteiger partial charge < -0.3 is 20.0 Å². The van der Waals surface area contributed by atoms with Crippen LogP contribution in [-0.4, -0.2) is 34.9 Å². The second kappa shape index (κ2) is 9.13. The molecule has 1 aliphatic heterocycles. The number of carbonyl (C=O) groups is 2. The van der Waals surface area contributed by atoms with Gasteiger partial charge in [-0.2, -0.15) is 0 Å². The smallest absolute Gasteiger partial charge is 0.321 e. The Balaban J connectivity index is 1.29. The normalized spacial score (nSPS) is 16.3. The lowest BCUT2D eigenvalue weighted by Gasteiger charge is -2.32. The number of rotatable bonds is 5. The lowest BCUT2D eigenvalue weighted by Crippen LogP contribution is -2.46. The molecule has 0 aliphatic carbocycles. The van der Waals surface area contributed by atoms with Gasteiger partial charge in [-0.1, -0.05) is 18.2 Å². The number of amides is 3. The number of nitrogens with one attached hydrogen (secondary N) is 2. The molecule has 0 spiro atoms. The van der Waals surface area contributed by atoms with Crippen molar-refractivity contribution < 1.29 is 14.0 Å². The van der Waals surface area contributed by atoms with Crippen molar-refractivity contribution in [2.75, 3.05) is 18.4 Å². The van der Waals surface area contributed by atoms with Crippen LogP contribution >= 0.6 is 11.3 Å². The summed E-state index contributed by atoms with van der Waals surface area (Å²) in [5.74, 6) is 1.09. The molecule has 1 aromatic carbocycles. The molecule has 0 bridgehead atoms. The first-order valence-electron chi connectivity index (χ1n) is 9.98. The summed E-state index contributed by atoms with van der Waals surface area (Å²) >= 11 is 1.57. The zero-order valence-corrected chi connectivity index (χ0v) is 17.6. The van der Waals surface area contributed by atoms with Gasteiger partial charge in [-0.15, -0.1) is 11.3 Å². The van der Waals surface area contributed by atoms with Crippen LogP contribution < -0.4 is 10.6 Å². The third kappa shape index (κ3) is 4.88. The topological polar surface area (TPSA) is 87.5 Å². The van der Waals surface area contributed by atoms with Crippen LogP contribution in [0.4, 0.5) is 10.5 Å². The fourth-order valence-electron chi connectivity index (χ4n) is 3.51. The van der Waals surface area contributed by atoms with Gasteiger partial charge in [0.05, 0.1) is 17.5 Å². The van der Waals surface area contributed by atoms with Crippen molar-refractivity contribution in [3.8, 4) is 11.5 Å². The van der Waals surface area contributed by atoms with Gasteiger partial charge in [0.1, 0.15) is 11.5 Å². The lowest BCUT2D eigenvalue weighted by molar-refractivity contribution is -0.126. The molecule has 0 saturated carbocycles. The maximum atomic E-state index is 12.7. The van der Waals surface area contributed by atoms with E-state index in [1.54, 1.807) is 16.2 Å². The zero-order valence-electron chi connectivity index (χ0n) is 16.8. The highest BCUT2D eigenvalue weighted by Crippen LogP contribution is 2.24. The summed E-state index contributed by atoms with van der Waals surface area (Å²) in [6.07, 6.45) is 1.57. The largest absolute Gasteiger partial charge is 0.458 e. The highest BCUT2D eigenvalue weighted by Gasteiger charge is 2.28. The highest BCUT2D eigenvalue weighted by molar-refractivity contribution is 7.09. The van der Waals surface area contributed by atoms with E-state index in [0.29, 0.717) is 31.2 Å². The van der Waals surface area contributed by atoms with Crippen LogP contribution in [0, 0.1) is 12.8 Å². The van der Waals surface area contributed by atoms with Gasteiger partial charge in [0.15, 0.2) is 5.76 Å². The van der Waals surface area contributed by atoms with Crippen molar-refractivity contribution >= 4 is 29.0 Å². The number of thiazole rings is 1. The standard InChI is InChI=1S/C22H24N4O3S/c1-15-24-19(14-30-15)20-10-9-18(29-20)12-23-21(27)16-6-5-11-26(13-16)22(28)25-17-7-3-2-4-8-17/h2-4,7-10,14,16H,5-6,11-13H2,1H3,(H,23,27)(H,25,28). The summed E-state index contributed by atoms with van der Waals surface area (Å²) in [5, 5.41) is 8.76. The van der Waals surface area contributed by atoms with Crippen LogP contribution in [-0.2, 0) is 11.3 Å². The minimum Gasteiger partial charge on any atom is -0.458 e. The summed E-state index contributed by atoms with van der Waals surface area (Å²) in [6.45, 7) is 3.32. The van der Waals surface area contributed by atoms with E-state index >= 15 is 0 Å². The van der Waals surface area contributed by atoms with E-state index in [4.69, 9.17) is 4.42 Å². The number of hydrogen-bond acceptors (Lipinski definition) is 5. The first-order chi connectivity index (χ1) is 14.6. The maximum absolute atomic E-state index is 12.7. The quantitative estimate of drug-likeness (QED) is 0.640. The number of nitrogens with zero attached hydrogens (tertiary/aromatic N) is 2. The molecule has 1 atom stereocenters. The molecule has 2 aromatic heterocycles. The number of aryl methyl sites for hydroxylation is 1. The van der Waals surface area contributed by atoms with E-state index in [1.807, 2.05) is 54.8 Å². The number of hydrogen-bond donors (Lipinski definition) is 2. The SMILES string of the molecule is Cc1nc(-c2ccc(CNC(=O)C3CCCN(C(=O)Nc4ccccc4)C3)o2)cs1. The van der Waals surface area contributed by atoms with E-state index in [9.17, 15) is 9.59 Å². The van der Waals surface area contributed by atoms with Gasteiger partial charge in [0.2, 0.25) is 5.91 Å². The number of benzene rings is 1. The van der Waals surface area contributed by atoms with Crippen molar-refractivity contribution in [3.05, 3.63) is 58.6 Å². The molecule has 1 saturated heterocycles. The fourth-order valence-corrected chi connectivity index (χ4v) is 4.11. The number of aromatic nitrogens is 1. The molecule has 30 heavy (non-hydrogen) atoms. The third-order valence-corrected chi connectivity index (χ3v) is 5.85. The van der Waals surface area contributed by atoms with E-state index in [1.165, 1.54) is 0 Å². The van der Waals surface area contributed by atoms with Crippen LogP contribution in [0.25, 0.3) is 11.5 Å². The molecular weight excluding hydrogens is 400 g/mol. The molecule has 3 amide bonds. The van der Waals surface area contributed by atoms with Gasteiger partial charge in [0.25, 0.3) is 0 Å². The Morgan fingerprint density at radius 1 is 1.23 bits per heavy atom. The molecule has 1 fully saturated rings. The Morgan fingerprint density at radius 2 is 2.07 bits per heavy atom. The number of likely N-dealkylation sites (tertiary alicyclic amines) is 1. The number of urea groups is 1. The Labute approximate surface area is 179 Å². The van der Waals surface area contributed by atoms with E-state index in [2.05, 4.69) is 15.6 Å². The molecule has 156 valence electrons. The molecule has 3 aromatic rings. The molecule has 1 aliphatic rings. The Bertz CT molecular complexity index is 1010. The van der Waals surface area contributed by atoms with E-state index < -0.39 is 0 Å². The fraction of sp³-hybridized carbons (Fsp3) is 0.318. The minimum absolute atomic E-state index is 0.0605. The van der Waals surface area contributed by atoms with Crippen molar-refractivity contribution in [3.63, 3.8) is 0 Å². The summed E-state index contributed by atoms with van der Waals surface area (Å²) in [4.78, 5) is 31.3. The van der Waals surface area contributed by atoms with Crippen LogP contribution in [0.3, 0.4) is 0 Å². The summed E-state index contributed by atoms with van der Waals surface area (Å²) < 4.78 is 5.80. The van der Waals surface area contributed by atoms with E-state index in [0.717, 1.165) is 29.2 Å². The van der Waals surface area contributed by atoms with Crippen LogP contribution in [0.1, 0.15) is 23.6 Å². The average Bonchev–Trinajstić information content (AvgIpc) is 3.41. The summed E-state index contributed by atoms with van der Waals surface area (Å²) in [5.41, 5.74) is 1.56. The number of anilines is 1. The monoisotopic (exact) mass is 424 g/mol. The number of furan rings is 1. The maximum Gasteiger partial charge on any atom is 0.321 e. The number of piperidine rings is 1. The Hall–Kier alpha value is -3.13. The minimum atomic E-state index is -0.226. The molecule has 2 N–H and O–H groups in total. The third-order valence-electron chi connectivity index (χ3n) is 5.07. The molecule has 0 radical (unpaired) electrons. The van der Waals surface area contributed by atoms with Crippen LogP contribution in [0.15, 0.2) is 52.3 Å². The predicted molar refractivity (Wildman–Crippen MR) is 116 cm³/mol. The van der Waals surface area contributed by atoms with Gasteiger partial charge in [0, 0.05) is 24.2 Å². The zero-order chi connectivity index (χ0) is 20.9. The number of para-hydroxylation sites is 1. The Kier molecular flexibility index (Phi) is 6.13. The number of carbonyl (C=O) groups excluding carboxylic acids is 2. The molecule has 4 rings (SSSR count). The first-order valence-corrected chi connectivity index (χ1v) is 10.9. The first kappa shape index (κ1) is 20.2. The summed E-state index contributed by atoms with van der Waals surface area (Å²) in [6, 6.07) is 12.9. The van der Waals surface area contributed by atoms with Gasteiger partial charge in [-0.3, -0.25) is 4.79 Å². The second-order valence-electron chi connectivity index (χ2n) is 7.32. The van der Waals surface area contributed by atoms with Gasteiger partial charge >= 0.3 is 6.03 Å². The van der Waals surface area contributed by atoms with Crippen LogP contribution in [0.2, 0.25) is 0 Å². The Morgan fingerprint density at radius 3 is 2.83 bits per heavy atom. The molecule has 8 heteroatoms. The molecule has 3 heterocycles. The predicted octanol–water partition coefficient (Wildman–Crippen LogP) is 4.27. The second-order valence-corrected chi connectivity index (χ2v) is 8.38. The van der Waals surface area contributed by atoms with Crippen molar-refractivity contribution in [2.24, 2.45) is 5.92 Å². The van der Waals surface area contributed by atoms with Crippen molar-refractivity contribution in [2.45, 2.75) is 26.3 Å². The van der Waals surface area contributed by atoms with Gasteiger partial charge in [-0.25, -0.2) is 9.78 Å².